The predicted octanol–water partition coefficient (Wildman–Crippen LogP) is 2.40. The van der Waals surface area contributed by atoms with Crippen LogP contribution in [0.25, 0.3) is 11.1 Å². The average Bonchev–Trinajstić information content (AvgIpc) is 3.33. The van der Waals surface area contributed by atoms with Crippen LogP contribution in [0.2, 0.25) is 0 Å². The molecule has 0 aliphatic rings. The van der Waals surface area contributed by atoms with Crippen molar-refractivity contribution in [2.75, 3.05) is 18.4 Å². The summed E-state index contributed by atoms with van der Waals surface area (Å²) in [5.41, 5.74) is 2.53. The largest absolute Gasteiger partial charge is 0.446 e. The molecule has 0 aliphatic heterocycles. The van der Waals surface area contributed by atoms with Crippen LogP contribution in [0.1, 0.15) is 23.1 Å². The van der Waals surface area contributed by atoms with Crippen molar-refractivity contribution in [3.05, 3.63) is 65.7 Å². The molecule has 0 saturated heterocycles. The molecule has 0 unspecified atom stereocenters. The number of imidazole rings is 1. The topological polar surface area (TPSA) is 103 Å². The van der Waals surface area contributed by atoms with E-state index in [0.717, 1.165) is 31.0 Å². The maximum absolute atomic E-state index is 13.8. The molecule has 4 aromatic heterocycles. The van der Waals surface area contributed by atoms with Crippen LogP contribution in [0.15, 0.2) is 41.2 Å². The number of pyridine rings is 2. The Balaban J connectivity index is 0.00000256. The Morgan fingerprint density at radius 2 is 1.97 bits per heavy atom. The molecule has 2 N–H and O–H groups in total. The fraction of sp³-hybridized carbons (Fsp3) is 0.300. The molecule has 0 radical (unpaired) electrons. The Bertz CT molecular complexity index is 1100. The third-order valence-electron chi connectivity index (χ3n) is 4.36. The van der Waals surface area contributed by atoms with Crippen molar-refractivity contribution < 1.29 is 29.2 Å². The van der Waals surface area contributed by atoms with E-state index in [2.05, 4.69) is 35.6 Å². The first-order chi connectivity index (χ1) is 14.2. The Morgan fingerprint density at radius 3 is 2.77 bits per heavy atom. The van der Waals surface area contributed by atoms with Gasteiger partial charge < -0.3 is 25.0 Å². The van der Waals surface area contributed by atoms with Crippen LogP contribution in [-0.4, -0.2) is 33.0 Å². The first-order valence-corrected chi connectivity index (χ1v) is 9.42. The number of hydrogen-bond acceptors (Lipinski definition) is 7. The van der Waals surface area contributed by atoms with Crippen LogP contribution < -0.4 is 15.6 Å². The summed E-state index contributed by atoms with van der Waals surface area (Å²) in [7, 11) is 0. The Morgan fingerprint density at radius 1 is 1.10 bits per heavy atom. The number of nitrogens with zero attached hydrogens (tertiary/aromatic N) is 5. The summed E-state index contributed by atoms with van der Waals surface area (Å²) >= 11 is 0. The van der Waals surface area contributed by atoms with Crippen molar-refractivity contribution in [1.29, 1.82) is 0 Å². The van der Waals surface area contributed by atoms with Crippen LogP contribution in [0, 0.1) is 12.7 Å². The van der Waals surface area contributed by atoms with Gasteiger partial charge in [-0.25, -0.2) is 14.4 Å². The molecule has 0 bridgehead atoms. The van der Waals surface area contributed by atoms with Crippen molar-refractivity contribution in [3.63, 3.8) is 0 Å². The molecule has 160 valence electrons. The molecular formula is C20H21FN7OPd-. The monoisotopic (exact) mass is 500 g/mol. The number of hydrogen-bond donors (Lipinski definition) is 2. The number of nitrogens with one attached hydrogen (secondary N) is 2. The van der Waals surface area contributed by atoms with E-state index in [0.29, 0.717) is 34.9 Å². The summed E-state index contributed by atoms with van der Waals surface area (Å²) in [5.74, 6) is 1.65. The molecule has 8 nitrogen and oxygen atoms in total. The number of halogens is 1. The van der Waals surface area contributed by atoms with Crippen LogP contribution in [0.3, 0.4) is 0 Å². The number of aromatic nitrogens is 5. The minimum Gasteiger partial charge on any atom is -0.446 e. The molecule has 4 aromatic rings. The quantitative estimate of drug-likeness (QED) is 0.267. The third-order valence-corrected chi connectivity index (χ3v) is 4.36. The minimum absolute atomic E-state index is 0. The third kappa shape index (κ3) is 5.48. The van der Waals surface area contributed by atoms with Crippen molar-refractivity contribution >= 4 is 16.9 Å². The van der Waals surface area contributed by atoms with Gasteiger partial charge in [0.1, 0.15) is 5.82 Å². The summed E-state index contributed by atoms with van der Waals surface area (Å²) in [5, 5.41) is 6.43. The van der Waals surface area contributed by atoms with Gasteiger partial charge in [-0.15, -0.1) is 0 Å². The van der Waals surface area contributed by atoms with E-state index in [1.54, 1.807) is 30.7 Å². The van der Waals surface area contributed by atoms with E-state index in [4.69, 9.17) is 4.42 Å². The summed E-state index contributed by atoms with van der Waals surface area (Å²) in [6.07, 6.45) is 6.39. The number of aryl methyl sites for hydroxylation is 1. The van der Waals surface area contributed by atoms with E-state index in [1.165, 1.54) is 6.07 Å². The van der Waals surface area contributed by atoms with Crippen LogP contribution in [-0.2, 0) is 39.8 Å². The van der Waals surface area contributed by atoms with Crippen molar-refractivity contribution in [3.8, 4) is 0 Å². The number of rotatable bonds is 9. The second-order valence-electron chi connectivity index (χ2n) is 6.58. The van der Waals surface area contributed by atoms with Gasteiger partial charge in [0.2, 0.25) is 0 Å². The summed E-state index contributed by atoms with van der Waals surface area (Å²) < 4.78 is 19.6. The standard InChI is InChI=1S/C20H21FN7O.Pd/c1-13-11-25-17(27-13)5-8-22-9-6-18-28-19-16(29-18)4-10-24-20(19)26-12-15-14(21)3-2-7-23-15;/h2-4,7,10-11,22H,5-6,8-9,12H2,1H3,(H-,24,25,26,27);/q-1;. The summed E-state index contributed by atoms with van der Waals surface area (Å²) in [6.45, 7) is 3.66. The van der Waals surface area contributed by atoms with E-state index >= 15 is 0 Å². The van der Waals surface area contributed by atoms with Gasteiger partial charge >= 0.3 is 0 Å². The Kier molecular flexibility index (Phi) is 7.63. The average molecular weight is 501 g/mol. The zero-order valence-corrected chi connectivity index (χ0v) is 17.9. The molecule has 0 aliphatic carbocycles. The fourth-order valence-corrected chi connectivity index (χ4v) is 2.92. The predicted molar refractivity (Wildman–Crippen MR) is 106 cm³/mol. The van der Waals surface area contributed by atoms with Gasteiger partial charge in [-0.3, -0.25) is 4.98 Å². The first kappa shape index (κ1) is 22.0. The molecule has 10 heteroatoms. The Labute approximate surface area is 186 Å². The van der Waals surface area contributed by atoms with Gasteiger partial charge in [-0.05, 0) is 32.0 Å². The van der Waals surface area contributed by atoms with Gasteiger partial charge in [0.15, 0.2) is 22.8 Å². The number of anilines is 1. The molecule has 0 atom stereocenters. The van der Waals surface area contributed by atoms with Crippen LogP contribution in [0.5, 0.6) is 0 Å². The van der Waals surface area contributed by atoms with Gasteiger partial charge in [-0.2, -0.15) is 0 Å². The maximum atomic E-state index is 13.8. The molecule has 0 fully saturated rings. The van der Waals surface area contributed by atoms with Gasteiger partial charge in [0.05, 0.1) is 12.2 Å². The summed E-state index contributed by atoms with van der Waals surface area (Å²) in [4.78, 5) is 21.4. The molecule has 30 heavy (non-hydrogen) atoms. The first-order valence-electron chi connectivity index (χ1n) is 9.42. The zero-order valence-electron chi connectivity index (χ0n) is 16.3. The second kappa shape index (κ2) is 10.4. The van der Waals surface area contributed by atoms with Crippen molar-refractivity contribution in [1.82, 2.24) is 30.2 Å². The minimum atomic E-state index is -0.360. The van der Waals surface area contributed by atoms with Crippen LogP contribution >= 0.6 is 0 Å². The molecular weight excluding hydrogens is 480 g/mol. The normalized spacial score (nSPS) is 10.9. The SMILES string of the molecule is Cc1cnc(CCNCCc2nc3c(NCc4ncccc4F)nccc3o2)[n-]1.[Pd]. The molecule has 0 spiro atoms. The molecule has 4 rings (SSSR count). The van der Waals surface area contributed by atoms with Gasteiger partial charge in [0.25, 0.3) is 0 Å². The maximum Gasteiger partial charge on any atom is 0.196 e. The van der Waals surface area contributed by atoms with E-state index in [-0.39, 0.29) is 32.8 Å². The van der Waals surface area contributed by atoms with Gasteiger partial charge in [-0.1, -0.05) is 17.7 Å². The number of fused-ring (bicyclic) bond motifs is 1. The molecule has 0 aromatic carbocycles. The van der Waals surface area contributed by atoms with E-state index < -0.39 is 0 Å². The molecule has 0 amide bonds. The second-order valence-corrected chi connectivity index (χ2v) is 6.58. The van der Waals surface area contributed by atoms with Crippen molar-refractivity contribution in [2.24, 2.45) is 0 Å². The zero-order chi connectivity index (χ0) is 20.1. The Hall–Kier alpha value is -2.67. The van der Waals surface area contributed by atoms with Gasteiger partial charge in [0, 0.05) is 51.8 Å². The van der Waals surface area contributed by atoms with Crippen LogP contribution in [0.4, 0.5) is 10.2 Å². The fourth-order valence-electron chi connectivity index (χ4n) is 2.92. The van der Waals surface area contributed by atoms with E-state index in [9.17, 15) is 4.39 Å². The smallest absolute Gasteiger partial charge is 0.196 e. The molecule has 0 saturated carbocycles. The number of oxazole rings is 1. The molecule has 4 heterocycles. The summed E-state index contributed by atoms with van der Waals surface area (Å²) in [6, 6.07) is 4.70. The van der Waals surface area contributed by atoms with E-state index in [1.807, 2.05) is 6.92 Å². The van der Waals surface area contributed by atoms with Crippen molar-refractivity contribution in [2.45, 2.75) is 26.3 Å².